The molecule has 6 nitrogen and oxygen atoms in total. The predicted octanol–water partition coefficient (Wildman–Crippen LogP) is 1.18. The van der Waals surface area contributed by atoms with Crippen molar-refractivity contribution in [1.29, 1.82) is 0 Å². The monoisotopic (exact) mass is 240 g/mol. The second kappa shape index (κ2) is 4.75. The first-order chi connectivity index (χ1) is 8.19. The van der Waals surface area contributed by atoms with Gasteiger partial charge < -0.3 is 19.6 Å². The lowest BCUT2D eigenvalue weighted by molar-refractivity contribution is 0.0519. The molecule has 0 spiro atoms. The van der Waals surface area contributed by atoms with E-state index >= 15 is 0 Å². The van der Waals surface area contributed by atoms with E-state index in [0.717, 1.165) is 19.3 Å². The van der Waals surface area contributed by atoms with E-state index in [1.807, 2.05) is 0 Å². The molecule has 1 heterocycles. The number of carbonyl (C=O) groups is 1. The van der Waals surface area contributed by atoms with E-state index < -0.39 is 5.97 Å². The Morgan fingerprint density at radius 1 is 1.71 bits per heavy atom. The first kappa shape index (κ1) is 11.9. The largest absolute Gasteiger partial charge is 0.461 e. The zero-order chi connectivity index (χ0) is 12.3. The minimum Gasteiger partial charge on any atom is -0.461 e. The molecule has 6 heteroatoms. The summed E-state index contributed by atoms with van der Waals surface area (Å²) >= 11 is 0. The van der Waals surface area contributed by atoms with E-state index in [4.69, 9.17) is 9.15 Å². The number of ether oxygens (including phenoxy) is 1. The molecule has 0 aromatic carbocycles. The fourth-order valence-corrected chi connectivity index (χ4v) is 1.78. The summed E-state index contributed by atoms with van der Waals surface area (Å²) in [5, 5.41) is 12.3. The maximum Gasteiger partial charge on any atom is 0.360 e. The molecule has 1 aromatic heterocycles. The molecule has 0 bridgehead atoms. The number of nitrogens with one attached hydrogen (secondary N) is 1. The van der Waals surface area contributed by atoms with Crippen LogP contribution in [0.2, 0.25) is 0 Å². The van der Waals surface area contributed by atoms with Gasteiger partial charge in [-0.15, -0.1) is 0 Å². The molecule has 1 fully saturated rings. The summed E-state index contributed by atoms with van der Waals surface area (Å²) in [7, 11) is 0. The Morgan fingerprint density at radius 3 is 3.00 bits per heavy atom. The summed E-state index contributed by atoms with van der Waals surface area (Å²) in [5.41, 5.74) is -0.196. The Balaban J connectivity index is 2.01. The van der Waals surface area contributed by atoms with Crippen molar-refractivity contribution in [2.75, 3.05) is 18.5 Å². The summed E-state index contributed by atoms with van der Waals surface area (Å²) in [5.74, 6) is -0.504. The molecule has 0 unspecified atom stereocenters. The topological polar surface area (TPSA) is 84.6 Å². The van der Waals surface area contributed by atoms with Crippen LogP contribution in [0, 0.1) is 0 Å². The molecule has 0 radical (unpaired) electrons. The second-order valence-electron chi connectivity index (χ2n) is 4.18. The van der Waals surface area contributed by atoms with E-state index in [-0.39, 0.29) is 23.9 Å². The van der Waals surface area contributed by atoms with Crippen LogP contribution in [0.3, 0.4) is 0 Å². The minimum atomic E-state index is -0.504. The van der Waals surface area contributed by atoms with Gasteiger partial charge >= 0.3 is 5.97 Å². The highest BCUT2D eigenvalue weighted by Crippen LogP contribution is 2.34. The van der Waals surface area contributed by atoms with Crippen molar-refractivity contribution >= 4 is 12.0 Å². The van der Waals surface area contributed by atoms with E-state index in [2.05, 4.69) is 10.3 Å². The fourth-order valence-electron chi connectivity index (χ4n) is 1.78. The molecule has 17 heavy (non-hydrogen) atoms. The molecule has 0 saturated heterocycles. The van der Waals surface area contributed by atoms with E-state index in [1.54, 1.807) is 6.92 Å². The Hall–Kier alpha value is -1.56. The quantitative estimate of drug-likeness (QED) is 0.752. The van der Waals surface area contributed by atoms with Gasteiger partial charge in [0.2, 0.25) is 0 Å². The van der Waals surface area contributed by atoms with E-state index in [1.165, 1.54) is 6.26 Å². The van der Waals surface area contributed by atoms with E-state index in [0.29, 0.717) is 6.61 Å². The molecule has 1 aliphatic carbocycles. The van der Waals surface area contributed by atoms with Crippen LogP contribution in [0.5, 0.6) is 0 Å². The number of nitrogens with zero attached hydrogens (tertiary/aromatic N) is 1. The number of rotatable bonds is 5. The highest BCUT2D eigenvalue weighted by molar-refractivity contribution is 5.87. The van der Waals surface area contributed by atoms with Crippen molar-refractivity contribution in [2.45, 2.75) is 31.7 Å². The van der Waals surface area contributed by atoms with Crippen molar-refractivity contribution < 1.29 is 19.1 Å². The number of esters is 1. The number of oxazole rings is 1. The predicted molar refractivity (Wildman–Crippen MR) is 59.8 cm³/mol. The molecular formula is C11H16N2O4. The molecule has 0 amide bonds. The van der Waals surface area contributed by atoms with Crippen molar-refractivity contribution in [1.82, 2.24) is 4.98 Å². The summed E-state index contributed by atoms with van der Waals surface area (Å²) in [6.07, 6.45) is 4.07. The Bertz CT molecular complexity index is 392. The first-order valence-electron chi connectivity index (χ1n) is 5.71. The molecule has 0 atom stereocenters. The molecule has 2 rings (SSSR count). The fraction of sp³-hybridized carbons (Fsp3) is 0.636. The van der Waals surface area contributed by atoms with Gasteiger partial charge in [0.1, 0.15) is 6.26 Å². The average Bonchev–Trinajstić information content (AvgIpc) is 2.72. The van der Waals surface area contributed by atoms with Gasteiger partial charge in [-0.3, -0.25) is 0 Å². The van der Waals surface area contributed by atoms with Crippen molar-refractivity contribution in [3.8, 4) is 0 Å². The van der Waals surface area contributed by atoms with Crippen LogP contribution in [0.15, 0.2) is 10.7 Å². The van der Waals surface area contributed by atoms with Gasteiger partial charge in [0.05, 0.1) is 18.8 Å². The number of hydrogen-bond donors (Lipinski definition) is 2. The normalized spacial score (nSPS) is 17.3. The standard InChI is InChI=1S/C11H16N2O4/c1-2-16-9(15)8-6-17-10(12-8)13-11(7-14)4-3-5-11/h6,14H,2-5,7H2,1H3,(H,12,13). The Morgan fingerprint density at radius 2 is 2.47 bits per heavy atom. The zero-order valence-electron chi connectivity index (χ0n) is 9.73. The van der Waals surface area contributed by atoms with Crippen molar-refractivity contribution in [2.24, 2.45) is 0 Å². The summed E-state index contributed by atoms with van der Waals surface area (Å²) in [6, 6.07) is 0.252. The van der Waals surface area contributed by atoms with Gasteiger partial charge in [0.25, 0.3) is 6.01 Å². The Kier molecular flexibility index (Phi) is 3.33. The highest BCUT2D eigenvalue weighted by Gasteiger charge is 2.37. The van der Waals surface area contributed by atoms with Crippen LogP contribution in [0.4, 0.5) is 6.01 Å². The van der Waals surface area contributed by atoms with Crippen molar-refractivity contribution in [3.05, 3.63) is 12.0 Å². The van der Waals surface area contributed by atoms with Crippen LogP contribution in [-0.4, -0.2) is 34.8 Å². The number of anilines is 1. The first-order valence-corrected chi connectivity index (χ1v) is 5.71. The third-order valence-corrected chi connectivity index (χ3v) is 2.97. The lowest BCUT2D eigenvalue weighted by atomic mass is 9.77. The third kappa shape index (κ3) is 2.41. The van der Waals surface area contributed by atoms with Gasteiger partial charge in [-0.1, -0.05) is 0 Å². The van der Waals surface area contributed by atoms with Crippen LogP contribution < -0.4 is 5.32 Å². The summed E-state index contributed by atoms with van der Waals surface area (Å²) < 4.78 is 9.93. The van der Waals surface area contributed by atoms with Crippen LogP contribution in [-0.2, 0) is 4.74 Å². The number of aromatic nitrogens is 1. The average molecular weight is 240 g/mol. The minimum absolute atomic E-state index is 0.0319. The van der Waals surface area contributed by atoms with Crippen LogP contribution in [0.25, 0.3) is 0 Å². The lowest BCUT2D eigenvalue weighted by Crippen LogP contribution is -2.48. The molecule has 1 aliphatic rings. The van der Waals surface area contributed by atoms with Gasteiger partial charge in [-0.05, 0) is 26.2 Å². The maximum absolute atomic E-state index is 11.4. The molecule has 1 saturated carbocycles. The molecule has 94 valence electrons. The van der Waals surface area contributed by atoms with Crippen LogP contribution >= 0.6 is 0 Å². The number of hydrogen-bond acceptors (Lipinski definition) is 6. The zero-order valence-corrected chi connectivity index (χ0v) is 9.73. The van der Waals surface area contributed by atoms with Gasteiger partial charge in [-0.25, -0.2) is 4.79 Å². The molecule has 1 aromatic rings. The second-order valence-corrected chi connectivity index (χ2v) is 4.18. The summed E-state index contributed by atoms with van der Waals surface area (Å²) in [4.78, 5) is 15.3. The molecule has 2 N–H and O–H groups in total. The van der Waals surface area contributed by atoms with Crippen molar-refractivity contribution in [3.63, 3.8) is 0 Å². The maximum atomic E-state index is 11.4. The van der Waals surface area contributed by atoms with Gasteiger partial charge in [0, 0.05) is 0 Å². The third-order valence-electron chi connectivity index (χ3n) is 2.97. The number of carbonyl (C=O) groups excluding carboxylic acids is 1. The van der Waals surface area contributed by atoms with Gasteiger partial charge in [0.15, 0.2) is 5.69 Å². The highest BCUT2D eigenvalue weighted by atomic mass is 16.5. The lowest BCUT2D eigenvalue weighted by Gasteiger charge is -2.40. The van der Waals surface area contributed by atoms with Crippen LogP contribution in [0.1, 0.15) is 36.7 Å². The molecular weight excluding hydrogens is 224 g/mol. The molecule has 0 aliphatic heterocycles. The van der Waals surface area contributed by atoms with Gasteiger partial charge in [-0.2, -0.15) is 4.98 Å². The SMILES string of the molecule is CCOC(=O)c1coc(NC2(CO)CCC2)n1. The van der Waals surface area contributed by atoms with E-state index in [9.17, 15) is 9.90 Å². The Labute approximate surface area is 99.0 Å². The number of aliphatic hydroxyl groups is 1. The smallest absolute Gasteiger partial charge is 0.360 e. The number of aliphatic hydroxyl groups excluding tert-OH is 1. The summed E-state index contributed by atoms with van der Waals surface area (Å²) in [6.45, 7) is 2.06.